The van der Waals surface area contributed by atoms with Gasteiger partial charge in [0.15, 0.2) is 5.76 Å². The van der Waals surface area contributed by atoms with Crippen LogP contribution < -0.4 is 11.1 Å². The lowest BCUT2D eigenvalue weighted by Gasteiger charge is -2.07. The molecule has 0 radical (unpaired) electrons. The maximum Gasteiger partial charge on any atom is 0.291 e. The maximum absolute atomic E-state index is 12.3. The first-order valence-corrected chi connectivity index (χ1v) is 7.92. The van der Waals surface area contributed by atoms with Gasteiger partial charge in [0.1, 0.15) is 5.76 Å². The van der Waals surface area contributed by atoms with Crippen molar-refractivity contribution in [3.05, 3.63) is 69.9 Å². The number of amides is 1. The second kappa shape index (κ2) is 6.59. The van der Waals surface area contributed by atoms with Crippen LogP contribution >= 0.6 is 23.2 Å². The number of hydrogen-bond donors (Lipinski definition) is 2. The lowest BCUT2D eigenvalue weighted by atomic mass is 10.2. The summed E-state index contributed by atoms with van der Waals surface area (Å²) in [4.78, 5) is 12.3. The second-order valence-corrected chi connectivity index (χ2v) is 6.15. The summed E-state index contributed by atoms with van der Waals surface area (Å²) in [5, 5.41) is 3.61. The number of halogens is 2. The molecule has 24 heavy (non-hydrogen) atoms. The van der Waals surface area contributed by atoms with Crippen LogP contribution in [0.25, 0.3) is 11.3 Å². The number of nitrogens with two attached hydrogens (primary N) is 1. The molecule has 1 aromatic heterocycles. The minimum absolute atomic E-state index is 0.177. The number of benzene rings is 2. The first-order valence-electron chi connectivity index (χ1n) is 7.17. The fraction of sp³-hybridized carbons (Fsp3) is 0.0556. The minimum atomic E-state index is -0.378. The van der Waals surface area contributed by atoms with E-state index in [0.717, 1.165) is 11.1 Å². The summed E-state index contributed by atoms with van der Waals surface area (Å²) in [7, 11) is 0. The molecule has 0 aliphatic rings. The van der Waals surface area contributed by atoms with Gasteiger partial charge in [0.05, 0.1) is 21.4 Å². The van der Waals surface area contributed by atoms with Gasteiger partial charge in [-0.05, 0) is 55.0 Å². The smallest absolute Gasteiger partial charge is 0.291 e. The summed E-state index contributed by atoms with van der Waals surface area (Å²) in [5.41, 5.74) is 8.70. The first-order chi connectivity index (χ1) is 11.4. The van der Waals surface area contributed by atoms with Crippen LogP contribution in [0.4, 0.5) is 11.4 Å². The van der Waals surface area contributed by atoms with E-state index in [1.807, 2.05) is 13.0 Å². The van der Waals surface area contributed by atoms with Crippen LogP contribution in [-0.2, 0) is 0 Å². The molecule has 0 spiro atoms. The summed E-state index contributed by atoms with van der Waals surface area (Å²) < 4.78 is 5.61. The largest absolute Gasteiger partial charge is 0.451 e. The van der Waals surface area contributed by atoms with E-state index in [1.54, 1.807) is 42.5 Å². The predicted octanol–water partition coefficient (Wildman–Crippen LogP) is 5.40. The zero-order valence-electron chi connectivity index (χ0n) is 12.8. The van der Waals surface area contributed by atoms with Crippen molar-refractivity contribution in [2.45, 2.75) is 6.92 Å². The van der Waals surface area contributed by atoms with E-state index in [4.69, 9.17) is 33.4 Å². The van der Waals surface area contributed by atoms with E-state index in [1.165, 1.54) is 0 Å². The van der Waals surface area contributed by atoms with Crippen molar-refractivity contribution in [2.75, 3.05) is 11.1 Å². The maximum atomic E-state index is 12.3. The molecule has 0 unspecified atom stereocenters. The molecule has 0 saturated heterocycles. The molecule has 1 heterocycles. The third-order valence-electron chi connectivity index (χ3n) is 3.49. The molecule has 3 rings (SSSR count). The Morgan fingerprint density at radius 2 is 1.83 bits per heavy atom. The zero-order valence-corrected chi connectivity index (χ0v) is 14.3. The van der Waals surface area contributed by atoms with E-state index >= 15 is 0 Å². The Bertz CT molecular complexity index is 919. The number of furan rings is 1. The van der Waals surface area contributed by atoms with Gasteiger partial charge < -0.3 is 15.5 Å². The van der Waals surface area contributed by atoms with Crippen molar-refractivity contribution in [2.24, 2.45) is 0 Å². The molecule has 122 valence electrons. The third-order valence-corrected chi connectivity index (χ3v) is 4.23. The van der Waals surface area contributed by atoms with Crippen molar-refractivity contribution >= 4 is 40.5 Å². The Balaban J connectivity index is 1.82. The van der Waals surface area contributed by atoms with Crippen LogP contribution in [0, 0.1) is 6.92 Å². The molecule has 0 aliphatic heterocycles. The number of aryl methyl sites for hydroxylation is 1. The molecule has 3 aromatic rings. The van der Waals surface area contributed by atoms with Gasteiger partial charge in [0.25, 0.3) is 5.91 Å². The van der Waals surface area contributed by atoms with Crippen LogP contribution in [-0.4, -0.2) is 5.91 Å². The highest BCUT2D eigenvalue weighted by molar-refractivity contribution is 6.42. The van der Waals surface area contributed by atoms with Gasteiger partial charge >= 0.3 is 0 Å². The van der Waals surface area contributed by atoms with Crippen LogP contribution in [0.15, 0.2) is 52.9 Å². The summed E-state index contributed by atoms with van der Waals surface area (Å²) in [6.45, 7) is 1.93. The van der Waals surface area contributed by atoms with Crippen molar-refractivity contribution in [3.63, 3.8) is 0 Å². The van der Waals surface area contributed by atoms with Gasteiger partial charge in [-0.15, -0.1) is 0 Å². The fourth-order valence-corrected chi connectivity index (χ4v) is 2.54. The van der Waals surface area contributed by atoms with Gasteiger partial charge in [-0.3, -0.25) is 4.79 Å². The highest BCUT2D eigenvalue weighted by Crippen LogP contribution is 2.30. The van der Waals surface area contributed by atoms with Crippen LogP contribution in [0.5, 0.6) is 0 Å². The highest BCUT2D eigenvalue weighted by Gasteiger charge is 2.14. The Labute approximate surface area is 149 Å². The normalized spacial score (nSPS) is 10.6. The summed E-state index contributed by atoms with van der Waals surface area (Å²) in [6.07, 6.45) is 0. The molecule has 4 nitrogen and oxygen atoms in total. The molecule has 2 aromatic carbocycles. The van der Waals surface area contributed by atoms with Crippen LogP contribution in [0.3, 0.4) is 0 Å². The molecular formula is C18H14Cl2N2O2. The van der Waals surface area contributed by atoms with E-state index in [2.05, 4.69) is 5.32 Å². The number of nitrogens with one attached hydrogen (secondary N) is 1. The highest BCUT2D eigenvalue weighted by atomic mass is 35.5. The van der Waals surface area contributed by atoms with Gasteiger partial charge in [-0.2, -0.15) is 0 Å². The fourth-order valence-electron chi connectivity index (χ4n) is 2.24. The number of hydrogen-bond acceptors (Lipinski definition) is 3. The molecule has 0 bridgehead atoms. The van der Waals surface area contributed by atoms with Crippen molar-refractivity contribution < 1.29 is 9.21 Å². The average Bonchev–Trinajstić information content (AvgIpc) is 3.03. The van der Waals surface area contributed by atoms with Gasteiger partial charge in [0.2, 0.25) is 0 Å². The van der Waals surface area contributed by atoms with Gasteiger partial charge in [-0.25, -0.2) is 0 Å². The van der Waals surface area contributed by atoms with Crippen LogP contribution in [0.1, 0.15) is 16.1 Å². The summed E-state index contributed by atoms with van der Waals surface area (Å²) in [6, 6.07) is 13.8. The third kappa shape index (κ3) is 3.40. The lowest BCUT2D eigenvalue weighted by Crippen LogP contribution is -2.12. The average molecular weight is 361 g/mol. The molecule has 0 saturated carbocycles. The monoisotopic (exact) mass is 360 g/mol. The molecule has 1 amide bonds. The van der Waals surface area contributed by atoms with Crippen molar-refractivity contribution in [1.82, 2.24) is 0 Å². The number of carbonyl (C=O) groups excluding carboxylic acids is 1. The van der Waals surface area contributed by atoms with E-state index in [-0.39, 0.29) is 11.7 Å². The second-order valence-electron chi connectivity index (χ2n) is 5.34. The number of carbonyl (C=O) groups is 1. The minimum Gasteiger partial charge on any atom is -0.451 e. The number of anilines is 2. The number of rotatable bonds is 3. The molecule has 6 heteroatoms. The molecule has 3 N–H and O–H groups in total. The van der Waals surface area contributed by atoms with Gasteiger partial charge in [-0.1, -0.05) is 29.3 Å². The van der Waals surface area contributed by atoms with Crippen molar-refractivity contribution in [1.29, 1.82) is 0 Å². The predicted molar refractivity (Wildman–Crippen MR) is 97.7 cm³/mol. The van der Waals surface area contributed by atoms with E-state index in [9.17, 15) is 4.79 Å². The van der Waals surface area contributed by atoms with Crippen molar-refractivity contribution in [3.8, 4) is 11.3 Å². The first kappa shape index (κ1) is 16.4. The zero-order chi connectivity index (χ0) is 17.3. The van der Waals surface area contributed by atoms with Gasteiger partial charge in [0, 0.05) is 5.56 Å². The standard InChI is InChI=1S/C18H14Cl2N2O2/c1-10-2-5-15(14(21)8-10)22-18(23)17-7-6-16(24-17)11-3-4-12(19)13(20)9-11/h2-9H,21H2,1H3,(H,22,23). The molecule has 0 fully saturated rings. The molecule has 0 aliphatic carbocycles. The van der Waals surface area contributed by atoms with E-state index in [0.29, 0.717) is 27.2 Å². The molecule has 0 atom stereocenters. The Morgan fingerprint density at radius 1 is 1.04 bits per heavy atom. The lowest BCUT2D eigenvalue weighted by molar-refractivity contribution is 0.0997. The van der Waals surface area contributed by atoms with Crippen LogP contribution in [0.2, 0.25) is 10.0 Å². The SMILES string of the molecule is Cc1ccc(NC(=O)c2ccc(-c3ccc(Cl)c(Cl)c3)o2)c(N)c1. The number of nitrogen functional groups attached to an aromatic ring is 1. The quantitative estimate of drug-likeness (QED) is 0.614. The summed E-state index contributed by atoms with van der Waals surface area (Å²) in [5.74, 6) is 0.323. The molecular weight excluding hydrogens is 347 g/mol. The Hall–Kier alpha value is -2.43. The topological polar surface area (TPSA) is 68.3 Å². The Kier molecular flexibility index (Phi) is 4.51. The van der Waals surface area contributed by atoms with E-state index < -0.39 is 0 Å². The Morgan fingerprint density at radius 3 is 2.54 bits per heavy atom. The summed E-state index contributed by atoms with van der Waals surface area (Å²) >= 11 is 11.9.